The van der Waals surface area contributed by atoms with E-state index in [9.17, 15) is 5.11 Å². The standard InChI is InChI=1S/C38H59NO2/c1-28(2)15-10-16-29(3)17-11-18-30(4)19-12-20-31(5)21-13-22-32(6)23-14-24-33(7)25-26-35-34(8)36(40)27-37(41-9)38(35)39/h15,17,19,21,23,25,27,40H,10-14,16,18,20,22,24,26,39H2,1-9H3/b29-17+,30-19+,31-21+,32-23+,33-25+. The molecule has 0 unspecified atom stereocenters. The number of phenolic OH excluding ortho intramolecular Hbond substituents is 1. The number of nitrogens with two attached hydrogens (primary N) is 1. The number of methoxy groups -OCH3 is 1. The molecule has 41 heavy (non-hydrogen) atoms. The van der Waals surface area contributed by atoms with Crippen molar-refractivity contribution in [1.29, 1.82) is 0 Å². The van der Waals surface area contributed by atoms with Crippen LogP contribution in [0.4, 0.5) is 5.69 Å². The summed E-state index contributed by atoms with van der Waals surface area (Å²) in [7, 11) is 1.58. The largest absolute Gasteiger partial charge is 0.508 e. The number of benzene rings is 1. The fraction of sp³-hybridized carbons (Fsp3) is 0.526. The van der Waals surface area contributed by atoms with E-state index in [1.54, 1.807) is 13.2 Å². The summed E-state index contributed by atoms with van der Waals surface area (Å²) in [6.45, 7) is 17.5. The molecule has 0 atom stereocenters. The minimum Gasteiger partial charge on any atom is -0.508 e. The van der Waals surface area contributed by atoms with Crippen LogP contribution in [0.1, 0.15) is 124 Å². The Morgan fingerprint density at radius 3 is 1.39 bits per heavy atom. The molecule has 0 spiro atoms. The Hall–Kier alpha value is -2.94. The number of anilines is 1. The van der Waals surface area contributed by atoms with Crippen LogP contribution in [0.3, 0.4) is 0 Å². The van der Waals surface area contributed by atoms with Gasteiger partial charge in [0.1, 0.15) is 11.5 Å². The molecule has 0 fully saturated rings. The molecule has 3 heteroatoms. The van der Waals surface area contributed by atoms with E-state index >= 15 is 0 Å². The molecule has 1 aromatic rings. The van der Waals surface area contributed by atoms with Crippen molar-refractivity contribution in [3.05, 3.63) is 87.1 Å². The predicted octanol–water partition coefficient (Wildman–Crippen LogP) is 11.4. The van der Waals surface area contributed by atoms with Gasteiger partial charge in [0.05, 0.1) is 12.8 Å². The topological polar surface area (TPSA) is 55.5 Å². The monoisotopic (exact) mass is 561 g/mol. The van der Waals surface area contributed by atoms with Crippen LogP contribution < -0.4 is 10.5 Å². The second kappa shape index (κ2) is 20.0. The lowest BCUT2D eigenvalue weighted by Crippen LogP contribution is -2.01. The van der Waals surface area contributed by atoms with E-state index < -0.39 is 0 Å². The first-order valence-electron chi connectivity index (χ1n) is 15.5. The van der Waals surface area contributed by atoms with E-state index in [-0.39, 0.29) is 5.75 Å². The van der Waals surface area contributed by atoms with Crippen molar-refractivity contribution < 1.29 is 9.84 Å². The van der Waals surface area contributed by atoms with Gasteiger partial charge in [-0.05, 0) is 137 Å². The Labute approximate surface area is 252 Å². The Kier molecular flexibility index (Phi) is 17.6. The van der Waals surface area contributed by atoms with Crippen LogP contribution in [0, 0.1) is 6.92 Å². The maximum atomic E-state index is 10.2. The highest BCUT2D eigenvalue weighted by atomic mass is 16.5. The van der Waals surface area contributed by atoms with Crippen LogP contribution >= 0.6 is 0 Å². The van der Waals surface area contributed by atoms with E-state index in [0.29, 0.717) is 17.9 Å². The summed E-state index contributed by atoms with van der Waals surface area (Å²) in [5.41, 5.74) is 17.3. The Balaban J connectivity index is 2.38. The highest BCUT2D eigenvalue weighted by Gasteiger charge is 2.12. The molecule has 0 amide bonds. The van der Waals surface area contributed by atoms with Crippen molar-refractivity contribution in [2.24, 2.45) is 0 Å². The second-order valence-electron chi connectivity index (χ2n) is 12.0. The summed E-state index contributed by atoms with van der Waals surface area (Å²) in [6, 6.07) is 1.59. The maximum absolute atomic E-state index is 10.2. The van der Waals surface area contributed by atoms with Gasteiger partial charge in [-0.1, -0.05) is 69.9 Å². The van der Waals surface area contributed by atoms with E-state index in [4.69, 9.17) is 10.5 Å². The van der Waals surface area contributed by atoms with Crippen molar-refractivity contribution in [3.63, 3.8) is 0 Å². The molecule has 0 saturated heterocycles. The zero-order valence-electron chi connectivity index (χ0n) is 27.8. The first-order chi connectivity index (χ1) is 19.4. The third-order valence-electron chi connectivity index (χ3n) is 7.79. The normalized spacial score (nSPS) is 13.5. The lowest BCUT2D eigenvalue weighted by Gasteiger charge is -2.14. The molecule has 0 bridgehead atoms. The predicted molar refractivity (Wildman–Crippen MR) is 182 cm³/mol. The SMILES string of the molecule is COc1cc(O)c(C)c(C/C=C(\C)CC/C=C(\C)CC/C=C(\C)CC/C=C(\C)CC/C=C(\C)CCC=C(C)C)c1N. The summed E-state index contributed by atoms with van der Waals surface area (Å²) >= 11 is 0. The number of nitrogen functional groups attached to an aromatic ring is 1. The van der Waals surface area contributed by atoms with E-state index in [2.05, 4.69) is 84.9 Å². The maximum Gasteiger partial charge on any atom is 0.145 e. The molecule has 0 aliphatic heterocycles. The van der Waals surface area contributed by atoms with Gasteiger partial charge >= 0.3 is 0 Å². The first-order valence-corrected chi connectivity index (χ1v) is 15.5. The van der Waals surface area contributed by atoms with Gasteiger partial charge in [0.2, 0.25) is 0 Å². The number of phenols is 1. The first kappa shape index (κ1) is 36.1. The third kappa shape index (κ3) is 15.6. The highest BCUT2D eigenvalue weighted by Crippen LogP contribution is 2.35. The second-order valence-corrected chi connectivity index (χ2v) is 12.0. The molecule has 1 rings (SSSR count). The van der Waals surface area contributed by atoms with Crippen LogP contribution in [-0.4, -0.2) is 12.2 Å². The summed E-state index contributed by atoms with van der Waals surface area (Å²) in [4.78, 5) is 0. The molecule has 0 radical (unpaired) electrons. The number of aromatic hydroxyl groups is 1. The molecule has 3 nitrogen and oxygen atoms in total. The number of hydrogen-bond acceptors (Lipinski definition) is 3. The van der Waals surface area contributed by atoms with Crippen molar-refractivity contribution in [1.82, 2.24) is 0 Å². The fourth-order valence-corrected chi connectivity index (χ4v) is 4.81. The average Bonchev–Trinajstić information content (AvgIpc) is 2.90. The molecule has 1 aromatic carbocycles. The van der Waals surface area contributed by atoms with Crippen molar-refractivity contribution in [2.45, 2.75) is 126 Å². The van der Waals surface area contributed by atoms with Crippen LogP contribution in [0.2, 0.25) is 0 Å². The smallest absolute Gasteiger partial charge is 0.145 e. The summed E-state index contributed by atoms with van der Waals surface area (Å²) < 4.78 is 5.31. The summed E-state index contributed by atoms with van der Waals surface area (Å²) in [5.74, 6) is 0.759. The van der Waals surface area contributed by atoms with Crippen LogP contribution in [0.5, 0.6) is 11.5 Å². The molecule has 3 N–H and O–H groups in total. The third-order valence-corrected chi connectivity index (χ3v) is 7.79. The van der Waals surface area contributed by atoms with Gasteiger partial charge < -0.3 is 15.6 Å². The minimum atomic E-state index is 0.228. The van der Waals surface area contributed by atoms with E-state index in [1.165, 1.54) is 46.3 Å². The number of hydrogen-bond donors (Lipinski definition) is 2. The molecular weight excluding hydrogens is 502 g/mol. The Bertz CT molecular complexity index is 1140. The number of rotatable bonds is 18. The average molecular weight is 562 g/mol. The zero-order chi connectivity index (χ0) is 30.8. The quantitative estimate of drug-likeness (QED) is 0.106. The highest BCUT2D eigenvalue weighted by molar-refractivity contribution is 5.65. The molecular formula is C38H59NO2. The van der Waals surface area contributed by atoms with Crippen LogP contribution in [-0.2, 0) is 6.42 Å². The van der Waals surface area contributed by atoms with E-state index in [1.807, 2.05) is 6.92 Å². The molecule has 0 saturated carbocycles. The fourth-order valence-electron chi connectivity index (χ4n) is 4.81. The van der Waals surface area contributed by atoms with Gasteiger partial charge in [-0.3, -0.25) is 0 Å². The van der Waals surface area contributed by atoms with Gasteiger partial charge in [0.15, 0.2) is 0 Å². The zero-order valence-corrected chi connectivity index (χ0v) is 27.8. The Morgan fingerprint density at radius 2 is 1.02 bits per heavy atom. The van der Waals surface area contributed by atoms with Crippen molar-refractivity contribution >= 4 is 5.69 Å². The molecule has 0 heterocycles. The molecule has 0 aromatic heterocycles. The van der Waals surface area contributed by atoms with Gasteiger partial charge in [-0.15, -0.1) is 0 Å². The van der Waals surface area contributed by atoms with Gasteiger partial charge in [0, 0.05) is 6.07 Å². The number of allylic oxidation sites excluding steroid dienone is 12. The van der Waals surface area contributed by atoms with Gasteiger partial charge in [-0.25, -0.2) is 0 Å². The minimum absolute atomic E-state index is 0.228. The van der Waals surface area contributed by atoms with E-state index in [0.717, 1.165) is 62.5 Å². The van der Waals surface area contributed by atoms with Crippen molar-refractivity contribution in [3.8, 4) is 11.5 Å². The lowest BCUT2D eigenvalue weighted by atomic mass is 9.99. The molecule has 0 aliphatic carbocycles. The molecule has 228 valence electrons. The van der Waals surface area contributed by atoms with Crippen LogP contribution in [0.15, 0.2) is 76.0 Å². The number of ether oxygens (including phenoxy) is 1. The summed E-state index contributed by atoms with van der Waals surface area (Å²) in [5, 5.41) is 10.2. The van der Waals surface area contributed by atoms with Gasteiger partial charge in [-0.2, -0.15) is 0 Å². The van der Waals surface area contributed by atoms with Crippen LogP contribution in [0.25, 0.3) is 0 Å². The molecule has 0 aliphatic rings. The van der Waals surface area contributed by atoms with Crippen molar-refractivity contribution in [2.75, 3.05) is 12.8 Å². The summed E-state index contributed by atoms with van der Waals surface area (Å²) in [6.07, 6.45) is 26.1. The lowest BCUT2D eigenvalue weighted by molar-refractivity contribution is 0.408. The Morgan fingerprint density at radius 1 is 0.659 bits per heavy atom. The van der Waals surface area contributed by atoms with Gasteiger partial charge in [0.25, 0.3) is 0 Å².